The van der Waals surface area contributed by atoms with Crippen LogP contribution >= 0.6 is 0 Å². The molecule has 3 N–H and O–H groups in total. The largest absolute Gasteiger partial charge is 0.359 e. The lowest BCUT2D eigenvalue weighted by atomic mass is 10.0. The van der Waals surface area contributed by atoms with Crippen LogP contribution < -0.4 is 11.3 Å². The van der Waals surface area contributed by atoms with Crippen LogP contribution in [0.4, 0.5) is 0 Å². The molecule has 2 heterocycles. The smallest absolute Gasteiger partial charge is 0.287 e. The summed E-state index contributed by atoms with van der Waals surface area (Å²) in [6, 6.07) is 2.21. The van der Waals surface area contributed by atoms with E-state index in [1.807, 2.05) is 5.43 Å². The molecule has 2 rings (SSSR count). The topological polar surface area (TPSA) is 87.6 Å². The van der Waals surface area contributed by atoms with Crippen LogP contribution in [0.1, 0.15) is 29.1 Å². The summed E-state index contributed by atoms with van der Waals surface area (Å²) in [5.74, 6) is 5.31. The fourth-order valence-corrected chi connectivity index (χ4v) is 2.39. The predicted octanol–water partition coefficient (Wildman–Crippen LogP) is -0.196. The van der Waals surface area contributed by atoms with Gasteiger partial charge in [0.25, 0.3) is 5.91 Å². The van der Waals surface area contributed by atoms with E-state index in [-0.39, 0.29) is 5.69 Å². The Kier molecular flexibility index (Phi) is 4.52. The number of carbonyl (C=O) groups is 1. The van der Waals surface area contributed by atoms with E-state index >= 15 is 0 Å². The lowest BCUT2D eigenvalue weighted by molar-refractivity contribution is 0.0944. The number of likely N-dealkylation sites (tertiary alicyclic amines) is 1. The molecule has 0 spiro atoms. The monoisotopic (exact) mass is 267 g/mol. The summed E-state index contributed by atoms with van der Waals surface area (Å²) in [7, 11) is 4.21. The second kappa shape index (κ2) is 6.14. The number of nitrogen functional groups attached to an aromatic ring is 1. The summed E-state index contributed by atoms with van der Waals surface area (Å²) in [5, 5.41) is 3.70. The van der Waals surface area contributed by atoms with Gasteiger partial charge in [-0.2, -0.15) is 0 Å². The summed E-state index contributed by atoms with van der Waals surface area (Å²) in [4.78, 5) is 15.8. The van der Waals surface area contributed by atoms with Crippen LogP contribution in [0.25, 0.3) is 0 Å². The first-order valence-corrected chi connectivity index (χ1v) is 6.45. The van der Waals surface area contributed by atoms with E-state index in [1.165, 1.54) is 12.8 Å². The number of rotatable bonds is 4. The molecule has 106 valence electrons. The highest BCUT2D eigenvalue weighted by molar-refractivity contribution is 5.91. The molecule has 0 aliphatic carbocycles. The van der Waals surface area contributed by atoms with E-state index < -0.39 is 5.91 Å². The summed E-state index contributed by atoms with van der Waals surface area (Å²) in [6.07, 6.45) is 2.40. The number of aromatic nitrogens is 1. The molecule has 1 aliphatic heterocycles. The Morgan fingerprint density at radius 2 is 2.47 bits per heavy atom. The van der Waals surface area contributed by atoms with Crippen molar-refractivity contribution >= 4 is 5.91 Å². The van der Waals surface area contributed by atoms with Crippen molar-refractivity contribution in [3.05, 3.63) is 17.5 Å². The van der Waals surface area contributed by atoms with Crippen molar-refractivity contribution in [2.45, 2.75) is 25.4 Å². The third-order valence-electron chi connectivity index (χ3n) is 3.51. The van der Waals surface area contributed by atoms with E-state index in [0.717, 1.165) is 13.1 Å². The first kappa shape index (κ1) is 14.0. The molecule has 19 heavy (non-hydrogen) atoms. The second-order valence-electron chi connectivity index (χ2n) is 5.15. The number of hydrogen-bond acceptors (Lipinski definition) is 6. The maximum atomic E-state index is 11.3. The quantitative estimate of drug-likeness (QED) is 0.446. The summed E-state index contributed by atoms with van der Waals surface area (Å²) >= 11 is 0. The van der Waals surface area contributed by atoms with Crippen LogP contribution in [0.15, 0.2) is 10.6 Å². The molecule has 0 saturated carbocycles. The molecule has 0 radical (unpaired) electrons. The minimum atomic E-state index is -0.431. The number of hydrazine groups is 1. The summed E-state index contributed by atoms with van der Waals surface area (Å²) in [6.45, 7) is 2.73. The van der Waals surface area contributed by atoms with Gasteiger partial charge < -0.3 is 9.42 Å². The van der Waals surface area contributed by atoms with Gasteiger partial charge in [-0.05, 0) is 33.5 Å². The molecule has 1 aromatic heterocycles. The predicted molar refractivity (Wildman–Crippen MR) is 70.1 cm³/mol. The molecule has 1 fully saturated rings. The number of nitrogens with two attached hydrogens (primary N) is 1. The number of amides is 1. The molecular weight excluding hydrogens is 246 g/mol. The summed E-state index contributed by atoms with van der Waals surface area (Å²) in [5.41, 5.74) is 2.26. The lowest BCUT2D eigenvalue weighted by Crippen LogP contribution is -2.44. The Labute approximate surface area is 112 Å². The average molecular weight is 267 g/mol. The first-order chi connectivity index (χ1) is 9.10. The zero-order valence-electron chi connectivity index (χ0n) is 11.4. The van der Waals surface area contributed by atoms with E-state index in [4.69, 9.17) is 10.4 Å². The maximum absolute atomic E-state index is 11.3. The molecule has 7 heteroatoms. The third kappa shape index (κ3) is 3.52. The Hall–Kier alpha value is -1.44. The highest BCUT2D eigenvalue weighted by atomic mass is 16.5. The van der Waals surface area contributed by atoms with Gasteiger partial charge in [0.2, 0.25) is 0 Å². The maximum Gasteiger partial charge on any atom is 0.287 e. The Morgan fingerprint density at radius 1 is 1.68 bits per heavy atom. The van der Waals surface area contributed by atoms with Gasteiger partial charge in [-0.15, -0.1) is 0 Å². The van der Waals surface area contributed by atoms with Crippen LogP contribution in [0.2, 0.25) is 0 Å². The molecule has 1 amide bonds. The van der Waals surface area contributed by atoms with E-state index in [1.54, 1.807) is 6.07 Å². The standard InChI is InChI=1S/C12H21N5O2/c1-16(2)9-4-3-5-17(7-9)8-10-6-11(15-19-10)12(18)14-13/h6,9H,3-5,7-8,13H2,1-2H3,(H,14,18). The van der Waals surface area contributed by atoms with Gasteiger partial charge in [0.1, 0.15) is 0 Å². The number of nitrogens with one attached hydrogen (secondary N) is 1. The molecule has 1 unspecified atom stereocenters. The third-order valence-corrected chi connectivity index (χ3v) is 3.51. The van der Waals surface area contributed by atoms with Crippen LogP contribution in [-0.2, 0) is 6.54 Å². The zero-order valence-corrected chi connectivity index (χ0v) is 11.4. The number of piperidine rings is 1. The molecule has 1 aliphatic rings. The van der Waals surface area contributed by atoms with Gasteiger partial charge >= 0.3 is 0 Å². The Balaban J connectivity index is 1.93. The van der Waals surface area contributed by atoms with Crippen LogP contribution in [0, 0.1) is 0 Å². The van der Waals surface area contributed by atoms with Crippen molar-refractivity contribution in [3.63, 3.8) is 0 Å². The fourth-order valence-electron chi connectivity index (χ4n) is 2.39. The minimum absolute atomic E-state index is 0.221. The normalized spacial score (nSPS) is 20.7. The van der Waals surface area contributed by atoms with E-state index in [0.29, 0.717) is 18.3 Å². The highest BCUT2D eigenvalue weighted by Crippen LogP contribution is 2.16. The fraction of sp³-hybridized carbons (Fsp3) is 0.667. The van der Waals surface area contributed by atoms with E-state index in [9.17, 15) is 4.79 Å². The molecule has 0 aromatic carbocycles. The number of likely N-dealkylation sites (N-methyl/N-ethyl adjacent to an activating group) is 1. The second-order valence-corrected chi connectivity index (χ2v) is 5.15. The molecule has 1 aromatic rings. The van der Waals surface area contributed by atoms with Crippen molar-refractivity contribution in [2.24, 2.45) is 5.84 Å². The first-order valence-electron chi connectivity index (χ1n) is 6.45. The van der Waals surface area contributed by atoms with Crippen molar-refractivity contribution < 1.29 is 9.32 Å². The number of nitrogens with zero attached hydrogens (tertiary/aromatic N) is 3. The SMILES string of the molecule is CN(C)C1CCCN(Cc2cc(C(=O)NN)no2)C1. The van der Waals surface area contributed by atoms with Crippen molar-refractivity contribution in [3.8, 4) is 0 Å². The summed E-state index contributed by atoms with van der Waals surface area (Å²) < 4.78 is 5.16. The Morgan fingerprint density at radius 3 is 3.16 bits per heavy atom. The van der Waals surface area contributed by atoms with Crippen LogP contribution in [-0.4, -0.2) is 54.1 Å². The van der Waals surface area contributed by atoms with Gasteiger partial charge in [-0.25, -0.2) is 5.84 Å². The van der Waals surface area contributed by atoms with Gasteiger partial charge in [0.05, 0.1) is 6.54 Å². The van der Waals surface area contributed by atoms with Crippen LogP contribution in [0.5, 0.6) is 0 Å². The van der Waals surface area contributed by atoms with Gasteiger partial charge in [0.15, 0.2) is 11.5 Å². The molecule has 0 bridgehead atoms. The van der Waals surface area contributed by atoms with Gasteiger partial charge in [0, 0.05) is 18.7 Å². The molecule has 1 atom stereocenters. The number of carbonyl (C=O) groups excluding carboxylic acids is 1. The highest BCUT2D eigenvalue weighted by Gasteiger charge is 2.22. The van der Waals surface area contributed by atoms with Gasteiger partial charge in [-0.3, -0.25) is 15.1 Å². The molecular formula is C12H21N5O2. The van der Waals surface area contributed by atoms with Crippen molar-refractivity contribution in [1.82, 2.24) is 20.4 Å². The zero-order chi connectivity index (χ0) is 13.8. The van der Waals surface area contributed by atoms with Gasteiger partial charge in [-0.1, -0.05) is 5.16 Å². The van der Waals surface area contributed by atoms with E-state index in [2.05, 4.69) is 29.1 Å². The number of hydrogen-bond donors (Lipinski definition) is 2. The molecule has 1 saturated heterocycles. The molecule has 7 nitrogen and oxygen atoms in total. The van der Waals surface area contributed by atoms with Crippen molar-refractivity contribution in [1.29, 1.82) is 0 Å². The lowest BCUT2D eigenvalue weighted by Gasteiger charge is -2.35. The Bertz CT molecular complexity index is 432. The average Bonchev–Trinajstić information content (AvgIpc) is 2.86. The van der Waals surface area contributed by atoms with Crippen molar-refractivity contribution in [2.75, 3.05) is 27.2 Å². The minimum Gasteiger partial charge on any atom is -0.359 e. The van der Waals surface area contributed by atoms with Crippen LogP contribution in [0.3, 0.4) is 0 Å².